The highest BCUT2D eigenvalue weighted by Crippen LogP contribution is 2.59. The lowest BCUT2D eigenvalue weighted by Gasteiger charge is -2.52. The topological polar surface area (TPSA) is 0 Å². The number of hydrogen-bond donors (Lipinski definition) is 0. The van der Waals surface area contributed by atoms with E-state index in [9.17, 15) is 0 Å². The van der Waals surface area contributed by atoms with E-state index in [2.05, 4.69) is 25.2 Å². The summed E-state index contributed by atoms with van der Waals surface area (Å²) < 4.78 is 0. The Kier molecular flexibility index (Phi) is 2.51. The zero-order valence-electron chi connectivity index (χ0n) is 11.7. The molecule has 0 spiro atoms. The predicted octanol–water partition coefficient (Wildman–Crippen LogP) is 5.12. The minimum Gasteiger partial charge on any atom is -0.0877 e. The summed E-state index contributed by atoms with van der Waals surface area (Å²) in [5.74, 6) is 4.06. The van der Waals surface area contributed by atoms with Gasteiger partial charge in [-0.25, -0.2) is 0 Å². The Bertz CT molecular complexity index is 402. The van der Waals surface area contributed by atoms with E-state index in [0.29, 0.717) is 5.41 Å². The highest BCUT2D eigenvalue weighted by atomic mass is 14.5. The Morgan fingerprint density at radius 3 is 3.06 bits per heavy atom. The van der Waals surface area contributed by atoms with Crippen molar-refractivity contribution in [2.45, 2.75) is 58.3 Å². The fraction of sp³-hybridized carbons (Fsp3) is 0.778. The number of hydrogen-bond acceptors (Lipinski definition) is 0. The van der Waals surface area contributed by atoms with Crippen molar-refractivity contribution in [2.24, 2.45) is 29.1 Å². The Morgan fingerprint density at radius 2 is 2.11 bits per heavy atom. The van der Waals surface area contributed by atoms with Gasteiger partial charge in [0, 0.05) is 0 Å². The van der Waals surface area contributed by atoms with E-state index in [0.717, 1.165) is 23.7 Å². The van der Waals surface area contributed by atoms with E-state index in [4.69, 9.17) is 0 Å². The Hall–Kier alpha value is -0.520. The first-order valence-corrected chi connectivity index (χ1v) is 8.14. The molecule has 0 unspecified atom stereocenters. The Morgan fingerprint density at radius 1 is 1.17 bits per heavy atom. The summed E-state index contributed by atoms with van der Waals surface area (Å²) in [6, 6.07) is 0. The van der Waals surface area contributed by atoms with Gasteiger partial charge in [0.2, 0.25) is 0 Å². The lowest BCUT2D eigenvalue weighted by atomic mass is 9.52. The highest BCUT2D eigenvalue weighted by molar-refractivity contribution is 5.20. The van der Waals surface area contributed by atoms with Gasteiger partial charge in [0.15, 0.2) is 0 Å². The molecule has 0 aromatic rings. The first-order valence-electron chi connectivity index (χ1n) is 8.14. The molecule has 98 valence electrons. The average molecular weight is 242 g/mol. The smallest absolute Gasteiger partial charge is 0.0112 e. The van der Waals surface area contributed by atoms with Crippen LogP contribution in [0.5, 0.6) is 0 Å². The molecule has 0 heterocycles. The lowest BCUT2D eigenvalue weighted by molar-refractivity contribution is 0.0139. The number of rotatable bonds is 0. The molecule has 0 saturated heterocycles. The predicted molar refractivity (Wildman–Crippen MR) is 76.2 cm³/mol. The van der Waals surface area contributed by atoms with E-state index in [1.54, 1.807) is 0 Å². The molecule has 0 nitrogen and oxygen atoms in total. The zero-order chi connectivity index (χ0) is 12.2. The number of fused-ring (bicyclic) bond motifs is 5. The molecule has 0 amide bonds. The van der Waals surface area contributed by atoms with Crippen molar-refractivity contribution in [1.82, 2.24) is 0 Å². The van der Waals surface area contributed by atoms with Gasteiger partial charge in [-0.2, -0.15) is 0 Å². The van der Waals surface area contributed by atoms with E-state index in [1.165, 1.54) is 51.4 Å². The van der Waals surface area contributed by atoms with Crippen molar-refractivity contribution < 1.29 is 0 Å². The van der Waals surface area contributed by atoms with Crippen LogP contribution in [0.1, 0.15) is 58.3 Å². The van der Waals surface area contributed by atoms with Crippen LogP contribution in [0.4, 0.5) is 0 Å². The Balaban J connectivity index is 1.64. The standard InChI is InChI=1S/C18H26/c1-18-11-4-7-17(18)16-9-8-13-5-2-3-6-14(13)15(16)10-12-18/h4-5,11,14-17H,2-3,6-10,12H2,1H3/t14-,15+,16+,17-,18-/m0/s1. The van der Waals surface area contributed by atoms with Crippen LogP contribution in [-0.4, -0.2) is 0 Å². The summed E-state index contributed by atoms with van der Waals surface area (Å²) in [6.07, 6.45) is 19.2. The SMILES string of the molecule is C[C@@]12C=CC[C@H]1[C@@H]1CCC3=CCCC[C@@H]3[C@H]1CC2. The summed E-state index contributed by atoms with van der Waals surface area (Å²) in [5, 5.41) is 0. The maximum absolute atomic E-state index is 2.60. The van der Waals surface area contributed by atoms with Gasteiger partial charge >= 0.3 is 0 Å². The summed E-state index contributed by atoms with van der Waals surface area (Å²) in [4.78, 5) is 0. The lowest BCUT2D eigenvalue weighted by Crippen LogP contribution is -2.44. The maximum Gasteiger partial charge on any atom is -0.0112 e. The van der Waals surface area contributed by atoms with Gasteiger partial charge in [-0.15, -0.1) is 0 Å². The van der Waals surface area contributed by atoms with Crippen LogP contribution in [0, 0.1) is 29.1 Å². The van der Waals surface area contributed by atoms with Crippen LogP contribution < -0.4 is 0 Å². The molecule has 2 saturated carbocycles. The van der Waals surface area contributed by atoms with Gasteiger partial charge in [-0.1, -0.05) is 30.7 Å². The first-order chi connectivity index (χ1) is 8.78. The minimum atomic E-state index is 0.567. The van der Waals surface area contributed by atoms with Crippen LogP contribution in [0.3, 0.4) is 0 Å². The summed E-state index contributed by atoms with van der Waals surface area (Å²) in [7, 11) is 0. The third-order valence-corrected chi connectivity index (χ3v) is 6.70. The van der Waals surface area contributed by atoms with Crippen molar-refractivity contribution in [1.29, 1.82) is 0 Å². The van der Waals surface area contributed by atoms with Crippen molar-refractivity contribution in [3.63, 3.8) is 0 Å². The van der Waals surface area contributed by atoms with Crippen LogP contribution in [-0.2, 0) is 0 Å². The molecule has 2 fully saturated rings. The van der Waals surface area contributed by atoms with Gasteiger partial charge in [0.1, 0.15) is 0 Å². The molecule has 0 aliphatic heterocycles. The van der Waals surface area contributed by atoms with Crippen molar-refractivity contribution >= 4 is 0 Å². The van der Waals surface area contributed by atoms with Crippen molar-refractivity contribution in [2.75, 3.05) is 0 Å². The van der Waals surface area contributed by atoms with Gasteiger partial charge in [-0.3, -0.25) is 0 Å². The van der Waals surface area contributed by atoms with E-state index in [-0.39, 0.29) is 0 Å². The largest absolute Gasteiger partial charge is 0.0877 e. The van der Waals surface area contributed by atoms with Gasteiger partial charge < -0.3 is 0 Å². The summed E-state index contributed by atoms with van der Waals surface area (Å²) in [5.41, 5.74) is 2.42. The molecule has 5 atom stereocenters. The highest BCUT2D eigenvalue weighted by Gasteiger charge is 2.50. The van der Waals surface area contributed by atoms with Gasteiger partial charge in [-0.05, 0) is 80.5 Å². The maximum atomic E-state index is 2.60. The molecule has 4 rings (SSSR count). The molecule has 4 aliphatic carbocycles. The van der Waals surface area contributed by atoms with E-state index in [1.807, 2.05) is 5.57 Å². The van der Waals surface area contributed by atoms with Crippen LogP contribution in [0.25, 0.3) is 0 Å². The molecule has 0 aromatic heterocycles. The van der Waals surface area contributed by atoms with Crippen LogP contribution in [0.15, 0.2) is 23.8 Å². The summed E-state index contributed by atoms with van der Waals surface area (Å²) >= 11 is 0. The average Bonchev–Trinajstić information content (AvgIpc) is 2.80. The Labute approximate surface area is 112 Å². The molecule has 0 bridgehead atoms. The fourth-order valence-electron chi connectivity index (χ4n) is 5.79. The van der Waals surface area contributed by atoms with Crippen LogP contribution >= 0.6 is 0 Å². The first kappa shape index (κ1) is 11.3. The quantitative estimate of drug-likeness (QED) is 0.517. The van der Waals surface area contributed by atoms with E-state index < -0.39 is 0 Å². The van der Waals surface area contributed by atoms with Crippen LogP contribution in [0.2, 0.25) is 0 Å². The van der Waals surface area contributed by atoms with Gasteiger partial charge in [0.25, 0.3) is 0 Å². The zero-order valence-corrected chi connectivity index (χ0v) is 11.7. The molecular weight excluding hydrogens is 216 g/mol. The van der Waals surface area contributed by atoms with Gasteiger partial charge in [0.05, 0.1) is 0 Å². The third-order valence-electron chi connectivity index (χ3n) is 6.70. The summed E-state index contributed by atoms with van der Waals surface area (Å²) in [6.45, 7) is 2.53. The molecule has 4 aliphatic rings. The molecular formula is C18H26. The van der Waals surface area contributed by atoms with Crippen molar-refractivity contribution in [3.05, 3.63) is 23.8 Å². The molecule has 0 N–H and O–H groups in total. The second-order valence-electron chi connectivity index (χ2n) is 7.47. The third kappa shape index (κ3) is 1.50. The molecule has 0 aromatic carbocycles. The second-order valence-corrected chi connectivity index (χ2v) is 7.47. The molecule has 0 heteroatoms. The normalized spacial score (nSPS) is 50.2. The number of allylic oxidation sites excluding steroid dienone is 4. The molecule has 0 radical (unpaired) electrons. The fourth-order valence-corrected chi connectivity index (χ4v) is 5.79. The van der Waals surface area contributed by atoms with E-state index >= 15 is 0 Å². The van der Waals surface area contributed by atoms with Crippen molar-refractivity contribution in [3.8, 4) is 0 Å². The second kappa shape index (κ2) is 3.99. The molecule has 18 heavy (non-hydrogen) atoms. The monoisotopic (exact) mass is 242 g/mol. The minimum absolute atomic E-state index is 0.567.